The number of aliphatic hydroxyl groups is 1. The quantitative estimate of drug-likeness (QED) is 0.812. The Morgan fingerprint density at radius 2 is 1.81 bits per heavy atom. The Bertz CT molecular complexity index is 472. The molecule has 4 heteroatoms. The van der Waals surface area contributed by atoms with Gasteiger partial charge >= 0.3 is 0 Å². The van der Waals surface area contributed by atoms with Crippen molar-refractivity contribution in [1.29, 1.82) is 0 Å². The van der Waals surface area contributed by atoms with Crippen LogP contribution in [0.25, 0.3) is 0 Å². The maximum atomic E-state index is 10.8. The minimum atomic E-state index is -0.603. The van der Waals surface area contributed by atoms with Crippen molar-refractivity contribution in [3.63, 3.8) is 0 Å². The number of halogens is 2. The van der Waals surface area contributed by atoms with Gasteiger partial charge in [0.25, 0.3) is 0 Å². The fraction of sp³-hybridized carbons (Fsp3) is 0.647. The monoisotopic (exact) mass is 328 g/mol. The van der Waals surface area contributed by atoms with E-state index in [1.165, 1.54) is 19.3 Å². The van der Waals surface area contributed by atoms with Gasteiger partial charge in [-0.1, -0.05) is 48.5 Å². The van der Waals surface area contributed by atoms with Crippen LogP contribution in [0.1, 0.15) is 56.6 Å². The van der Waals surface area contributed by atoms with E-state index in [1.807, 2.05) is 6.07 Å². The van der Waals surface area contributed by atoms with Crippen LogP contribution in [0.2, 0.25) is 10.0 Å². The lowest BCUT2D eigenvalue weighted by atomic mass is 9.74. The fourth-order valence-electron chi connectivity index (χ4n) is 3.91. The van der Waals surface area contributed by atoms with E-state index in [2.05, 4.69) is 0 Å². The summed E-state index contributed by atoms with van der Waals surface area (Å²) in [5, 5.41) is 11.9. The molecule has 2 aliphatic rings. The highest BCUT2D eigenvalue weighted by Crippen LogP contribution is 2.46. The van der Waals surface area contributed by atoms with E-state index >= 15 is 0 Å². The Morgan fingerprint density at radius 1 is 1.14 bits per heavy atom. The average molecular weight is 329 g/mol. The fourth-order valence-corrected chi connectivity index (χ4v) is 4.53. The number of aliphatic hydroxyl groups excluding tert-OH is 1. The zero-order valence-corrected chi connectivity index (χ0v) is 13.7. The van der Waals surface area contributed by atoms with Crippen LogP contribution >= 0.6 is 23.2 Å². The Labute approximate surface area is 136 Å². The van der Waals surface area contributed by atoms with Crippen LogP contribution < -0.4 is 0 Å². The van der Waals surface area contributed by atoms with Gasteiger partial charge in [-0.05, 0) is 43.7 Å². The second kappa shape index (κ2) is 6.45. The summed E-state index contributed by atoms with van der Waals surface area (Å²) in [4.78, 5) is 0. The van der Waals surface area contributed by atoms with Crippen LogP contribution in [0, 0.1) is 5.92 Å². The Balaban J connectivity index is 1.79. The summed E-state index contributed by atoms with van der Waals surface area (Å²) >= 11 is 12.5. The lowest BCUT2D eigenvalue weighted by molar-refractivity contribution is -0.134. The lowest BCUT2D eigenvalue weighted by Gasteiger charge is -2.44. The number of hydrogen-bond acceptors (Lipinski definition) is 2. The van der Waals surface area contributed by atoms with Gasteiger partial charge in [-0.3, -0.25) is 0 Å². The summed E-state index contributed by atoms with van der Waals surface area (Å²) in [6, 6.07) is 5.40. The minimum Gasteiger partial charge on any atom is -0.388 e. The molecule has 1 spiro atoms. The summed E-state index contributed by atoms with van der Waals surface area (Å²) < 4.78 is 6.11. The molecular weight excluding hydrogens is 307 g/mol. The third kappa shape index (κ3) is 3.24. The summed E-state index contributed by atoms with van der Waals surface area (Å²) in [6.45, 7) is 0.726. The van der Waals surface area contributed by atoms with Gasteiger partial charge in [0.2, 0.25) is 0 Å². The molecule has 1 aliphatic carbocycles. The largest absolute Gasteiger partial charge is 0.388 e. The van der Waals surface area contributed by atoms with Crippen LogP contribution in [-0.4, -0.2) is 17.3 Å². The van der Waals surface area contributed by atoms with Gasteiger partial charge in [0.15, 0.2) is 0 Å². The first-order valence-corrected chi connectivity index (χ1v) is 8.63. The normalized spacial score (nSPS) is 26.7. The molecule has 1 saturated heterocycles. The molecule has 3 rings (SSSR count). The van der Waals surface area contributed by atoms with Crippen molar-refractivity contribution in [2.24, 2.45) is 5.92 Å². The zero-order chi connectivity index (χ0) is 14.9. The summed E-state index contributed by atoms with van der Waals surface area (Å²) in [5.74, 6) is 0.175. The van der Waals surface area contributed by atoms with Crippen molar-refractivity contribution in [1.82, 2.24) is 0 Å². The molecule has 2 nitrogen and oxygen atoms in total. The van der Waals surface area contributed by atoms with E-state index in [-0.39, 0.29) is 11.5 Å². The molecule has 1 saturated carbocycles. The van der Waals surface area contributed by atoms with E-state index < -0.39 is 6.10 Å². The van der Waals surface area contributed by atoms with Gasteiger partial charge in [-0.2, -0.15) is 0 Å². The number of hydrogen-bond donors (Lipinski definition) is 1. The van der Waals surface area contributed by atoms with Gasteiger partial charge < -0.3 is 9.84 Å². The second-order valence-electron chi connectivity index (χ2n) is 6.43. The highest BCUT2D eigenvalue weighted by Gasteiger charge is 2.41. The standard InChI is InChI=1S/C17H22Cl2O2/c18-13-5-4-6-14(19)15(13)16(20)12-7-10-21-17(11-12)8-2-1-3-9-17/h4-6,12,16,20H,1-3,7-11H2. The second-order valence-corrected chi connectivity index (χ2v) is 7.24. The van der Waals surface area contributed by atoms with Gasteiger partial charge in [-0.25, -0.2) is 0 Å². The molecule has 2 atom stereocenters. The van der Waals surface area contributed by atoms with Gasteiger partial charge in [0.05, 0.1) is 11.7 Å². The van der Waals surface area contributed by atoms with Crippen molar-refractivity contribution in [2.75, 3.05) is 6.61 Å². The molecule has 0 bridgehead atoms. The van der Waals surface area contributed by atoms with Gasteiger partial charge in [0.1, 0.15) is 0 Å². The van der Waals surface area contributed by atoms with Crippen molar-refractivity contribution < 1.29 is 9.84 Å². The molecule has 116 valence electrons. The zero-order valence-electron chi connectivity index (χ0n) is 12.2. The number of ether oxygens (including phenoxy) is 1. The highest BCUT2D eigenvalue weighted by molar-refractivity contribution is 6.36. The third-order valence-corrected chi connectivity index (χ3v) is 5.70. The molecule has 1 heterocycles. The Kier molecular flexibility index (Phi) is 4.80. The maximum absolute atomic E-state index is 10.8. The van der Waals surface area contributed by atoms with Crippen LogP contribution in [0.4, 0.5) is 0 Å². The van der Waals surface area contributed by atoms with Gasteiger partial charge in [0, 0.05) is 22.2 Å². The smallest absolute Gasteiger partial charge is 0.0849 e. The first kappa shape index (κ1) is 15.6. The van der Waals surface area contributed by atoms with E-state index in [9.17, 15) is 5.11 Å². The molecule has 2 unspecified atom stereocenters. The molecule has 0 aromatic heterocycles. The van der Waals surface area contributed by atoms with Crippen LogP contribution in [-0.2, 0) is 4.74 Å². The maximum Gasteiger partial charge on any atom is 0.0849 e. The topological polar surface area (TPSA) is 29.5 Å². The summed E-state index contributed by atoms with van der Waals surface area (Å²) in [6.07, 6.45) is 7.17. The molecule has 0 radical (unpaired) electrons. The van der Waals surface area contributed by atoms with Gasteiger partial charge in [-0.15, -0.1) is 0 Å². The van der Waals surface area contributed by atoms with E-state index in [0.717, 1.165) is 32.3 Å². The molecule has 1 aromatic carbocycles. The highest BCUT2D eigenvalue weighted by atomic mass is 35.5. The Hall–Kier alpha value is -0.280. The van der Waals surface area contributed by atoms with Crippen molar-refractivity contribution in [2.45, 2.75) is 56.7 Å². The van der Waals surface area contributed by atoms with Crippen LogP contribution in [0.5, 0.6) is 0 Å². The molecule has 1 N–H and O–H groups in total. The van der Waals surface area contributed by atoms with Crippen molar-refractivity contribution in [3.8, 4) is 0 Å². The third-order valence-electron chi connectivity index (χ3n) is 5.04. The predicted octanol–water partition coefficient (Wildman–Crippen LogP) is 5.16. The molecule has 21 heavy (non-hydrogen) atoms. The lowest BCUT2D eigenvalue weighted by Crippen LogP contribution is -2.42. The molecule has 2 fully saturated rings. The SMILES string of the molecule is OC(c1c(Cl)cccc1Cl)C1CCOC2(CCCCC2)C1. The van der Waals surface area contributed by atoms with E-state index in [4.69, 9.17) is 27.9 Å². The van der Waals surface area contributed by atoms with E-state index in [1.54, 1.807) is 12.1 Å². The summed E-state index contributed by atoms with van der Waals surface area (Å²) in [5.41, 5.74) is 0.661. The number of rotatable bonds is 2. The van der Waals surface area contributed by atoms with Crippen LogP contribution in [0.15, 0.2) is 18.2 Å². The molecular formula is C17H22Cl2O2. The summed E-state index contributed by atoms with van der Waals surface area (Å²) in [7, 11) is 0. The minimum absolute atomic E-state index is 0.0180. The molecule has 1 aromatic rings. The van der Waals surface area contributed by atoms with E-state index in [0.29, 0.717) is 15.6 Å². The molecule has 1 aliphatic heterocycles. The van der Waals surface area contributed by atoms with Crippen molar-refractivity contribution >= 4 is 23.2 Å². The average Bonchev–Trinajstić information content (AvgIpc) is 2.48. The van der Waals surface area contributed by atoms with Crippen molar-refractivity contribution in [3.05, 3.63) is 33.8 Å². The van der Waals surface area contributed by atoms with Crippen LogP contribution in [0.3, 0.4) is 0 Å². The Morgan fingerprint density at radius 3 is 2.48 bits per heavy atom. The first-order chi connectivity index (χ1) is 10.1. The first-order valence-electron chi connectivity index (χ1n) is 7.87. The molecule has 0 amide bonds. The number of benzene rings is 1. The predicted molar refractivity (Wildman–Crippen MR) is 85.9 cm³/mol.